The number of carbonyl (C=O) groups excluding carboxylic acids is 2. The van der Waals surface area contributed by atoms with Gasteiger partial charge < -0.3 is 0 Å². The average Bonchev–Trinajstić information content (AvgIpc) is 2.03. The van der Waals surface area contributed by atoms with Crippen LogP contribution in [0.15, 0.2) is 12.7 Å². The van der Waals surface area contributed by atoms with Gasteiger partial charge in [-0.3, -0.25) is 14.5 Å². The fourth-order valence-electron chi connectivity index (χ4n) is 0.978. The maximum Gasteiger partial charge on any atom is 0.229 e. The number of hydrogen-bond donors (Lipinski definition) is 0. The lowest BCUT2D eigenvalue weighted by Gasteiger charge is -2.15. The molecule has 0 N–H and O–H groups in total. The lowest BCUT2D eigenvalue weighted by atomic mass is 10.0. The Balaban J connectivity index is 3.99. The summed E-state index contributed by atoms with van der Waals surface area (Å²) in [6.45, 7) is 6.95. The van der Waals surface area contributed by atoms with Crippen LogP contribution in [0.4, 0.5) is 0 Å². The number of rotatable bonds is 4. The molecule has 1 atom stereocenters. The third-order valence-corrected chi connectivity index (χ3v) is 1.94. The minimum atomic E-state index is -0.212. The summed E-state index contributed by atoms with van der Waals surface area (Å²) in [5, 5.41) is 0. The Labute approximate surface area is 79.4 Å². The number of allylic oxidation sites excluding steroid dienone is 1. The lowest BCUT2D eigenvalue weighted by molar-refractivity contribution is -0.142. The van der Waals surface area contributed by atoms with Crippen LogP contribution in [0.25, 0.3) is 0 Å². The SMILES string of the molecule is C=CC[C@@H](C)CC(=O)N(C)C(C)=O. The Bertz CT molecular complexity index is 211. The van der Waals surface area contributed by atoms with E-state index in [1.807, 2.05) is 6.92 Å². The molecule has 0 fully saturated rings. The Morgan fingerprint density at radius 3 is 2.46 bits per heavy atom. The summed E-state index contributed by atoms with van der Waals surface area (Å²) in [6, 6.07) is 0. The molecule has 0 aromatic rings. The summed E-state index contributed by atoms with van der Waals surface area (Å²) < 4.78 is 0. The maximum atomic E-state index is 11.3. The van der Waals surface area contributed by atoms with Crippen LogP contribution in [0.2, 0.25) is 0 Å². The van der Waals surface area contributed by atoms with Gasteiger partial charge in [-0.15, -0.1) is 6.58 Å². The molecule has 2 amide bonds. The van der Waals surface area contributed by atoms with E-state index in [4.69, 9.17) is 0 Å². The van der Waals surface area contributed by atoms with E-state index in [-0.39, 0.29) is 17.7 Å². The van der Waals surface area contributed by atoms with E-state index in [1.165, 1.54) is 14.0 Å². The Hall–Kier alpha value is -1.12. The molecule has 0 aromatic carbocycles. The largest absolute Gasteiger partial charge is 0.286 e. The predicted molar refractivity (Wildman–Crippen MR) is 52.0 cm³/mol. The summed E-state index contributed by atoms with van der Waals surface area (Å²) in [5.41, 5.74) is 0. The van der Waals surface area contributed by atoms with Gasteiger partial charge in [0.1, 0.15) is 0 Å². The van der Waals surface area contributed by atoms with E-state index in [0.29, 0.717) is 6.42 Å². The predicted octanol–water partition coefficient (Wildman–Crippen LogP) is 1.59. The minimum Gasteiger partial charge on any atom is -0.286 e. The molecule has 0 aromatic heterocycles. The third kappa shape index (κ3) is 4.45. The monoisotopic (exact) mass is 183 g/mol. The first-order chi connectivity index (χ1) is 5.99. The van der Waals surface area contributed by atoms with Crippen molar-refractivity contribution in [1.82, 2.24) is 4.90 Å². The molecule has 74 valence electrons. The van der Waals surface area contributed by atoms with E-state index < -0.39 is 0 Å². The molecule has 3 nitrogen and oxygen atoms in total. The van der Waals surface area contributed by atoms with Crippen molar-refractivity contribution < 1.29 is 9.59 Å². The van der Waals surface area contributed by atoms with E-state index in [0.717, 1.165) is 11.3 Å². The highest BCUT2D eigenvalue weighted by molar-refractivity contribution is 5.93. The molecule has 0 radical (unpaired) electrons. The van der Waals surface area contributed by atoms with Crippen molar-refractivity contribution in [2.45, 2.75) is 26.7 Å². The van der Waals surface area contributed by atoms with Gasteiger partial charge in [-0.2, -0.15) is 0 Å². The van der Waals surface area contributed by atoms with Crippen LogP contribution in [0.3, 0.4) is 0 Å². The van der Waals surface area contributed by atoms with Gasteiger partial charge in [0.15, 0.2) is 0 Å². The molecule has 0 heterocycles. The van der Waals surface area contributed by atoms with Gasteiger partial charge in [-0.1, -0.05) is 13.0 Å². The molecular weight excluding hydrogens is 166 g/mol. The zero-order valence-corrected chi connectivity index (χ0v) is 8.54. The second-order valence-electron chi connectivity index (χ2n) is 3.31. The van der Waals surface area contributed by atoms with Gasteiger partial charge in [0.05, 0.1) is 0 Å². The van der Waals surface area contributed by atoms with Crippen LogP contribution in [-0.2, 0) is 9.59 Å². The van der Waals surface area contributed by atoms with Gasteiger partial charge in [0, 0.05) is 20.4 Å². The van der Waals surface area contributed by atoms with Crippen molar-refractivity contribution in [1.29, 1.82) is 0 Å². The summed E-state index contributed by atoms with van der Waals surface area (Å²) in [6.07, 6.45) is 2.99. The smallest absolute Gasteiger partial charge is 0.229 e. The number of amides is 2. The van der Waals surface area contributed by atoms with Gasteiger partial charge >= 0.3 is 0 Å². The first-order valence-corrected chi connectivity index (χ1v) is 4.37. The quantitative estimate of drug-likeness (QED) is 0.621. The van der Waals surface area contributed by atoms with Crippen LogP contribution in [-0.4, -0.2) is 23.8 Å². The first-order valence-electron chi connectivity index (χ1n) is 4.37. The first kappa shape index (κ1) is 11.9. The molecule has 0 saturated carbocycles. The zero-order valence-electron chi connectivity index (χ0n) is 8.54. The van der Waals surface area contributed by atoms with Crippen LogP contribution in [0.5, 0.6) is 0 Å². The molecule has 3 heteroatoms. The number of carbonyl (C=O) groups is 2. The summed E-state index contributed by atoms with van der Waals surface area (Å²) in [5.74, 6) is -0.0792. The maximum absolute atomic E-state index is 11.3. The molecule has 0 spiro atoms. The van der Waals surface area contributed by atoms with E-state index in [9.17, 15) is 9.59 Å². The van der Waals surface area contributed by atoms with Crippen molar-refractivity contribution in [3.05, 3.63) is 12.7 Å². The normalized spacial score (nSPS) is 11.9. The minimum absolute atomic E-state index is 0.123. The van der Waals surface area contributed by atoms with Crippen molar-refractivity contribution in [2.75, 3.05) is 7.05 Å². The van der Waals surface area contributed by atoms with Crippen LogP contribution >= 0.6 is 0 Å². The Morgan fingerprint density at radius 2 is 2.08 bits per heavy atom. The number of nitrogens with zero attached hydrogens (tertiary/aromatic N) is 1. The Morgan fingerprint density at radius 1 is 1.54 bits per heavy atom. The molecule has 13 heavy (non-hydrogen) atoms. The number of imide groups is 1. The van der Waals surface area contributed by atoms with Gasteiger partial charge in [-0.05, 0) is 12.3 Å². The van der Waals surface area contributed by atoms with E-state index in [2.05, 4.69) is 6.58 Å². The van der Waals surface area contributed by atoms with Crippen molar-refractivity contribution >= 4 is 11.8 Å². The molecule has 0 unspecified atom stereocenters. The highest BCUT2D eigenvalue weighted by Crippen LogP contribution is 2.09. The Kier molecular flexibility index (Phi) is 5.04. The van der Waals surface area contributed by atoms with Gasteiger partial charge in [0.25, 0.3) is 0 Å². The van der Waals surface area contributed by atoms with Crippen LogP contribution in [0.1, 0.15) is 26.7 Å². The molecule has 0 bridgehead atoms. The highest BCUT2D eigenvalue weighted by atomic mass is 16.2. The highest BCUT2D eigenvalue weighted by Gasteiger charge is 2.14. The van der Waals surface area contributed by atoms with Crippen molar-refractivity contribution in [2.24, 2.45) is 5.92 Å². The summed E-state index contributed by atoms with van der Waals surface area (Å²) in [4.78, 5) is 23.3. The third-order valence-electron chi connectivity index (χ3n) is 1.94. The molecule has 0 aliphatic rings. The fourth-order valence-corrected chi connectivity index (χ4v) is 0.978. The molecule has 0 saturated heterocycles. The van der Waals surface area contributed by atoms with Crippen molar-refractivity contribution in [3.8, 4) is 0 Å². The molecule has 0 aliphatic heterocycles. The standard InChI is InChI=1S/C10H17NO2/c1-5-6-8(2)7-10(13)11(4)9(3)12/h5,8H,1,6-7H2,2-4H3/t8-/m1/s1. The second kappa shape index (κ2) is 5.51. The van der Waals surface area contributed by atoms with Crippen LogP contribution < -0.4 is 0 Å². The average molecular weight is 183 g/mol. The lowest BCUT2D eigenvalue weighted by Crippen LogP contribution is -2.31. The topological polar surface area (TPSA) is 37.4 Å². The van der Waals surface area contributed by atoms with E-state index in [1.54, 1.807) is 6.08 Å². The van der Waals surface area contributed by atoms with Crippen molar-refractivity contribution in [3.63, 3.8) is 0 Å². The van der Waals surface area contributed by atoms with Gasteiger partial charge in [-0.25, -0.2) is 0 Å². The molecule has 0 rings (SSSR count). The van der Waals surface area contributed by atoms with E-state index >= 15 is 0 Å². The molecular formula is C10H17NO2. The summed E-state index contributed by atoms with van der Waals surface area (Å²) >= 11 is 0. The zero-order chi connectivity index (χ0) is 10.4. The number of hydrogen-bond acceptors (Lipinski definition) is 2. The second-order valence-corrected chi connectivity index (χ2v) is 3.31. The van der Waals surface area contributed by atoms with Crippen LogP contribution in [0, 0.1) is 5.92 Å². The molecule has 0 aliphatic carbocycles. The summed E-state index contributed by atoms with van der Waals surface area (Å²) in [7, 11) is 1.51. The van der Waals surface area contributed by atoms with Gasteiger partial charge in [0.2, 0.25) is 11.8 Å². The fraction of sp³-hybridized carbons (Fsp3) is 0.600.